The van der Waals surface area contributed by atoms with Gasteiger partial charge >= 0.3 is 5.97 Å². The maximum absolute atomic E-state index is 12.9. The first kappa shape index (κ1) is 15.2. The minimum atomic E-state index is -1.29. The molecule has 0 spiro atoms. The molecule has 4 rings (SSSR count). The van der Waals surface area contributed by atoms with E-state index in [2.05, 4.69) is 0 Å². The molecule has 0 radical (unpaired) electrons. The number of carbonyl (C=O) groups is 2. The normalized spacial score (nSPS) is 26.6. The Bertz CT molecular complexity index is 784. The van der Waals surface area contributed by atoms with Crippen molar-refractivity contribution in [1.29, 1.82) is 0 Å². The molecular weight excluding hydrogens is 312 g/mol. The first-order valence-corrected chi connectivity index (χ1v) is 8.50. The Kier molecular flexibility index (Phi) is 3.40. The minimum absolute atomic E-state index is 0.102. The molecule has 2 fully saturated rings. The van der Waals surface area contributed by atoms with Gasteiger partial charge in [-0.05, 0) is 19.3 Å². The van der Waals surface area contributed by atoms with E-state index in [4.69, 9.17) is 4.74 Å². The van der Waals surface area contributed by atoms with E-state index in [9.17, 15) is 19.5 Å². The van der Waals surface area contributed by atoms with Crippen molar-refractivity contribution in [1.82, 2.24) is 9.47 Å². The molecule has 1 aromatic heterocycles. The van der Waals surface area contributed by atoms with Gasteiger partial charge in [-0.15, -0.1) is 0 Å². The highest BCUT2D eigenvalue weighted by atomic mass is 16.5. The highest BCUT2D eigenvalue weighted by molar-refractivity contribution is 5.98. The van der Waals surface area contributed by atoms with Crippen molar-refractivity contribution in [2.45, 2.75) is 51.2 Å². The molecule has 1 unspecified atom stereocenters. The van der Waals surface area contributed by atoms with E-state index in [1.807, 2.05) is 11.8 Å². The fraction of sp³-hybridized carbons (Fsp3) is 0.588. The Hall–Kier alpha value is -2.31. The lowest BCUT2D eigenvalue weighted by atomic mass is 9.64. The van der Waals surface area contributed by atoms with Crippen LogP contribution in [0.5, 0.6) is 5.75 Å². The van der Waals surface area contributed by atoms with Crippen molar-refractivity contribution in [3.05, 3.63) is 27.7 Å². The lowest BCUT2D eigenvalue weighted by Gasteiger charge is -2.63. The average Bonchev–Trinajstić information content (AvgIpc) is 2.51. The zero-order chi connectivity index (χ0) is 17.0. The molecular formula is C17H20N2O5. The Morgan fingerprint density at radius 1 is 1.33 bits per heavy atom. The number of hydrogen-bond donors (Lipinski definition) is 1. The number of amides is 1. The lowest BCUT2D eigenvalue weighted by molar-refractivity contribution is -0.106. The minimum Gasteiger partial charge on any atom is -0.487 e. The summed E-state index contributed by atoms with van der Waals surface area (Å²) < 4.78 is 7.20. The number of fused-ring (bicyclic) bond motifs is 5. The van der Waals surface area contributed by atoms with Crippen LogP contribution in [0.1, 0.15) is 53.5 Å². The van der Waals surface area contributed by atoms with E-state index in [-0.39, 0.29) is 35.0 Å². The zero-order valence-electron chi connectivity index (χ0n) is 13.5. The first-order valence-electron chi connectivity index (χ1n) is 8.50. The highest BCUT2D eigenvalue weighted by Gasteiger charge is 2.58. The molecule has 1 aliphatic carbocycles. The molecule has 24 heavy (non-hydrogen) atoms. The number of pyridine rings is 1. The number of hydrogen-bond acceptors (Lipinski definition) is 4. The highest BCUT2D eigenvalue weighted by Crippen LogP contribution is 2.50. The summed E-state index contributed by atoms with van der Waals surface area (Å²) in [7, 11) is 0. The lowest BCUT2D eigenvalue weighted by Crippen LogP contribution is -2.73. The van der Waals surface area contributed by atoms with E-state index in [1.54, 1.807) is 4.57 Å². The van der Waals surface area contributed by atoms with Crippen LogP contribution >= 0.6 is 0 Å². The maximum atomic E-state index is 12.9. The molecule has 1 saturated carbocycles. The predicted octanol–water partition coefficient (Wildman–Crippen LogP) is 1.34. The number of carboxylic acids is 1. The van der Waals surface area contributed by atoms with Crippen molar-refractivity contribution in [3.63, 3.8) is 0 Å². The van der Waals surface area contributed by atoms with Crippen LogP contribution in [-0.4, -0.2) is 45.1 Å². The van der Waals surface area contributed by atoms with Crippen LogP contribution in [0.4, 0.5) is 0 Å². The summed E-state index contributed by atoms with van der Waals surface area (Å²) in [6.07, 6.45) is 5.04. The van der Waals surface area contributed by atoms with Gasteiger partial charge in [0, 0.05) is 24.7 Å². The molecule has 0 aromatic carbocycles. The number of nitrogens with zero attached hydrogens (tertiary/aromatic N) is 2. The number of rotatable bonds is 5. The zero-order valence-corrected chi connectivity index (χ0v) is 13.5. The molecule has 2 aliphatic heterocycles. The smallest absolute Gasteiger partial charge is 0.341 e. The molecule has 3 atom stereocenters. The molecule has 3 aliphatic rings. The Morgan fingerprint density at radius 2 is 2.12 bits per heavy atom. The summed E-state index contributed by atoms with van der Waals surface area (Å²) >= 11 is 0. The summed E-state index contributed by atoms with van der Waals surface area (Å²) in [6, 6.07) is 0.408. The van der Waals surface area contributed by atoms with Crippen LogP contribution in [0.3, 0.4) is 0 Å². The fourth-order valence-electron chi connectivity index (χ4n) is 4.11. The van der Waals surface area contributed by atoms with E-state index in [0.29, 0.717) is 19.1 Å². The van der Waals surface area contributed by atoms with E-state index in [0.717, 1.165) is 25.7 Å². The maximum Gasteiger partial charge on any atom is 0.341 e. The van der Waals surface area contributed by atoms with Crippen molar-refractivity contribution in [2.24, 2.45) is 5.92 Å². The molecule has 3 heterocycles. The molecule has 7 nitrogen and oxygen atoms in total. The van der Waals surface area contributed by atoms with Gasteiger partial charge in [0.1, 0.15) is 5.56 Å². The van der Waals surface area contributed by atoms with Gasteiger partial charge in [0.2, 0.25) is 5.43 Å². The third kappa shape index (κ3) is 1.93. The van der Waals surface area contributed by atoms with E-state index >= 15 is 0 Å². The molecule has 0 bridgehead atoms. The van der Waals surface area contributed by atoms with Crippen LogP contribution in [0, 0.1) is 5.92 Å². The Balaban J connectivity index is 1.80. The number of aromatic nitrogens is 1. The van der Waals surface area contributed by atoms with Gasteiger partial charge in [-0.25, -0.2) is 4.79 Å². The fourth-order valence-corrected chi connectivity index (χ4v) is 4.11. The van der Waals surface area contributed by atoms with Crippen LogP contribution in [0.2, 0.25) is 0 Å². The Labute approximate surface area is 138 Å². The third-order valence-electron chi connectivity index (χ3n) is 5.53. The summed E-state index contributed by atoms with van der Waals surface area (Å²) in [4.78, 5) is 38.6. The SMILES string of the molecule is CCCCOc1c2n(cc(C(=O)O)c1=O)C[C@H]1C3CC[C@@H]3N1C2=O. The van der Waals surface area contributed by atoms with Gasteiger partial charge in [0.25, 0.3) is 5.91 Å². The number of carboxylic acid groups (broad SMARTS) is 1. The molecule has 1 saturated heterocycles. The predicted molar refractivity (Wildman–Crippen MR) is 84.5 cm³/mol. The summed E-state index contributed by atoms with van der Waals surface area (Å²) in [5.41, 5.74) is -0.832. The number of aromatic carboxylic acids is 1. The van der Waals surface area contributed by atoms with Crippen molar-refractivity contribution >= 4 is 11.9 Å². The largest absolute Gasteiger partial charge is 0.487 e. The van der Waals surface area contributed by atoms with Gasteiger partial charge in [-0.1, -0.05) is 13.3 Å². The van der Waals surface area contributed by atoms with E-state index < -0.39 is 11.4 Å². The van der Waals surface area contributed by atoms with Crippen LogP contribution in [0.15, 0.2) is 11.0 Å². The summed E-state index contributed by atoms with van der Waals surface area (Å²) in [5, 5.41) is 9.30. The molecule has 7 heteroatoms. The monoisotopic (exact) mass is 332 g/mol. The standard InChI is InChI=1S/C17H20N2O5/c1-2-3-6-24-15-13-16(21)19-11-5-4-9(11)12(19)8-18(13)7-10(14(15)20)17(22)23/h7,9,11-12H,2-6,8H2,1H3,(H,22,23)/t9?,11-,12-/m0/s1. The Morgan fingerprint density at radius 3 is 2.75 bits per heavy atom. The average molecular weight is 332 g/mol. The van der Waals surface area contributed by atoms with Crippen molar-refractivity contribution in [2.75, 3.05) is 6.61 Å². The van der Waals surface area contributed by atoms with Gasteiger partial charge in [0.15, 0.2) is 11.4 Å². The number of ether oxygens (including phenoxy) is 1. The van der Waals surface area contributed by atoms with Gasteiger partial charge in [-0.2, -0.15) is 0 Å². The number of unbranched alkanes of at least 4 members (excludes halogenated alkanes) is 1. The van der Waals surface area contributed by atoms with Crippen molar-refractivity contribution < 1.29 is 19.4 Å². The van der Waals surface area contributed by atoms with Crippen LogP contribution in [0.25, 0.3) is 0 Å². The summed E-state index contributed by atoms with van der Waals surface area (Å²) in [6.45, 7) is 2.82. The second-order valence-corrected chi connectivity index (χ2v) is 6.80. The molecule has 1 aromatic rings. The number of carbonyl (C=O) groups excluding carboxylic acids is 1. The van der Waals surface area contributed by atoms with Gasteiger partial charge in [-0.3, -0.25) is 9.59 Å². The van der Waals surface area contributed by atoms with Gasteiger partial charge < -0.3 is 19.3 Å². The summed E-state index contributed by atoms with van der Waals surface area (Å²) in [5.74, 6) is -1.08. The molecule has 128 valence electrons. The third-order valence-corrected chi connectivity index (χ3v) is 5.53. The second kappa shape index (κ2) is 5.36. The van der Waals surface area contributed by atoms with Crippen LogP contribution < -0.4 is 10.2 Å². The quantitative estimate of drug-likeness (QED) is 0.822. The molecule has 1 N–H and O–H groups in total. The number of piperidine rings is 1. The van der Waals surface area contributed by atoms with E-state index in [1.165, 1.54) is 6.20 Å². The van der Waals surface area contributed by atoms with Crippen molar-refractivity contribution in [3.8, 4) is 5.75 Å². The van der Waals surface area contributed by atoms with Gasteiger partial charge in [0.05, 0.1) is 12.6 Å². The molecule has 1 amide bonds. The second-order valence-electron chi connectivity index (χ2n) is 6.80. The first-order chi connectivity index (χ1) is 11.5. The topological polar surface area (TPSA) is 88.8 Å². The van der Waals surface area contributed by atoms with Crippen LogP contribution in [-0.2, 0) is 6.54 Å².